The summed E-state index contributed by atoms with van der Waals surface area (Å²) < 4.78 is 13.4. The second kappa shape index (κ2) is 9.80. The van der Waals surface area contributed by atoms with Crippen LogP contribution < -0.4 is 5.73 Å². The van der Waals surface area contributed by atoms with Gasteiger partial charge in [-0.25, -0.2) is 4.39 Å². The molecule has 1 unspecified atom stereocenters. The van der Waals surface area contributed by atoms with E-state index in [9.17, 15) is 9.18 Å². The summed E-state index contributed by atoms with van der Waals surface area (Å²) in [4.78, 5) is 14.3. The van der Waals surface area contributed by atoms with Crippen LogP contribution in [0.1, 0.15) is 56.6 Å². The number of unbranched alkanes of at least 4 members (excludes halogenated alkanes) is 3. The van der Waals surface area contributed by atoms with Gasteiger partial charge in [-0.15, -0.1) is 12.4 Å². The quantitative estimate of drug-likeness (QED) is 0.773. The summed E-state index contributed by atoms with van der Waals surface area (Å²) in [7, 11) is 0. The van der Waals surface area contributed by atoms with Crippen molar-refractivity contribution in [2.45, 2.75) is 51.0 Å². The predicted molar refractivity (Wildman–Crippen MR) is 89.5 cm³/mol. The van der Waals surface area contributed by atoms with Crippen molar-refractivity contribution in [2.75, 3.05) is 13.1 Å². The molecular formula is C17H26ClFN2O. The van der Waals surface area contributed by atoms with Crippen molar-refractivity contribution in [1.82, 2.24) is 4.90 Å². The summed E-state index contributed by atoms with van der Waals surface area (Å²) in [6.07, 6.45) is 6.63. The first kappa shape index (κ1) is 18.9. The van der Waals surface area contributed by atoms with E-state index in [1.54, 1.807) is 12.1 Å². The van der Waals surface area contributed by atoms with Gasteiger partial charge in [0.15, 0.2) is 0 Å². The molecule has 0 saturated carbocycles. The largest absolute Gasteiger partial charge is 0.336 e. The number of hydrogen-bond donors (Lipinski definition) is 1. The monoisotopic (exact) mass is 328 g/mol. The Hall–Kier alpha value is -1.13. The predicted octanol–water partition coefficient (Wildman–Crippen LogP) is 3.82. The zero-order valence-corrected chi connectivity index (χ0v) is 13.8. The molecule has 124 valence electrons. The van der Waals surface area contributed by atoms with Crippen LogP contribution in [0.3, 0.4) is 0 Å². The molecular weight excluding hydrogens is 303 g/mol. The SMILES string of the molecule is Cl.NCCCCCCC(=O)N1CCCC1c1cccc(F)c1. The standard InChI is InChI=1S/C17H25FN2O.ClH/c18-15-8-5-7-14(13-15)16-9-6-12-20(16)17(21)10-3-1-2-4-11-19;/h5,7-8,13,16H,1-4,6,9-12,19H2;1H. The van der Waals surface area contributed by atoms with Crippen LogP contribution >= 0.6 is 12.4 Å². The fraction of sp³-hybridized carbons (Fsp3) is 0.588. The van der Waals surface area contributed by atoms with E-state index in [0.717, 1.165) is 57.2 Å². The van der Waals surface area contributed by atoms with Gasteiger partial charge >= 0.3 is 0 Å². The van der Waals surface area contributed by atoms with Crippen molar-refractivity contribution in [3.8, 4) is 0 Å². The van der Waals surface area contributed by atoms with Crippen LogP contribution in [0.2, 0.25) is 0 Å². The summed E-state index contributed by atoms with van der Waals surface area (Å²) in [5, 5.41) is 0. The van der Waals surface area contributed by atoms with Gasteiger partial charge < -0.3 is 10.6 Å². The number of halogens is 2. The maximum absolute atomic E-state index is 13.4. The fourth-order valence-electron chi connectivity index (χ4n) is 3.04. The summed E-state index contributed by atoms with van der Waals surface area (Å²) in [6.45, 7) is 1.52. The number of amides is 1. The van der Waals surface area contributed by atoms with Crippen LogP contribution in [0.25, 0.3) is 0 Å². The number of benzene rings is 1. The third-order valence-electron chi connectivity index (χ3n) is 4.15. The number of hydrogen-bond acceptors (Lipinski definition) is 2. The third-order valence-corrected chi connectivity index (χ3v) is 4.15. The minimum absolute atomic E-state index is 0. The minimum Gasteiger partial charge on any atom is -0.336 e. The van der Waals surface area contributed by atoms with Crippen molar-refractivity contribution in [1.29, 1.82) is 0 Å². The summed E-state index contributed by atoms with van der Waals surface area (Å²) in [5.74, 6) is -0.0249. The smallest absolute Gasteiger partial charge is 0.223 e. The van der Waals surface area contributed by atoms with Gasteiger partial charge in [0.05, 0.1) is 6.04 Å². The maximum Gasteiger partial charge on any atom is 0.223 e. The van der Waals surface area contributed by atoms with Crippen LogP contribution in [-0.4, -0.2) is 23.9 Å². The molecule has 0 radical (unpaired) electrons. The molecule has 1 aliphatic rings. The molecule has 2 N–H and O–H groups in total. The molecule has 1 fully saturated rings. The van der Waals surface area contributed by atoms with Gasteiger partial charge in [-0.2, -0.15) is 0 Å². The molecule has 22 heavy (non-hydrogen) atoms. The topological polar surface area (TPSA) is 46.3 Å². The van der Waals surface area contributed by atoms with Crippen molar-refractivity contribution >= 4 is 18.3 Å². The molecule has 0 bridgehead atoms. The van der Waals surface area contributed by atoms with E-state index in [1.165, 1.54) is 6.07 Å². The van der Waals surface area contributed by atoms with Crippen LogP contribution in [0.5, 0.6) is 0 Å². The summed E-state index contributed by atoms with van der Waals surface area (Å²) in [6, 6.07) is 6.69. The average molecular weight is 329 g/mol. The normalized spacial score (nSPS) is 17.4. The van der Waals surface area contributed by atoms with Gasteiger partial charge in [0.25, 0.3) is 0 Å². The van der Waals surface area contributed by atoms with E-state index in [4.69, 9.17) is 5.73 Å². The van der Waals surface area contributed by atoms with Crippen molar-refractivity contribution < 1.29 is 9.18 Å². The zero-order valence-electron chi connectivity index (χ0n) is 13.0. The van der Waals surface area contributed by atoms with E-state index < -0.39 is 0 Å². The second-order valence-electron chi connectivity index (χ2n) is 5.75. The van der Waals surface area contributed by atoms with Crippen LogP contribution in [0.15, 0.2) is 24.3 Å². The lowest BCUT2D eigenvalue weighted by atomic mass is 10.0. The Balaban J connectivity index is 0.00000242. The first-order chi connectivity index (χ1) is 10.2. The highest BCUT2D eigenvalue weighted by molar-refractivity contribution is 5.85. The summed E-state index contributed by atoms with van der Waals surface area (Å²) >= 11 is 0. The molecule has 1 aliphatic heterocycles. The Labute approximate surface area is 138 Å². The molecule has 1 atom stereocenters. The number of nitrogens with zero attached hydrogens (tertiary/aromatic N) is 1. The number of carbonyl (C=O) groups excluding carboxylic acids is 1. The fourth-order valence-corrected chi connectivity index (χ4v) is 3.04. The second-order valence-corrected chi connectivity index (χ2v) is 5.75. The van der Waals surface area contributed by atoms with Gasteiger partial charge in [-0.3, -0.25) is 4.79 Å². The molecule has 1 aromatic rings. The highest BCUT2D eigenvalue weighted by atomic mass is 35.5. The van der Waals surface area contributed by atoms with Gasteiger partial charge in [0, 0.05) is 13.0 Å². The molecule has 0 aromatic heterocycles. The Morgan fingerprint density at radius 2 is 2.05 bits per heavy atom. The molecule has 2 rings (SSSR count). The van der Waals surface area contributed by atoms with E-state index in [1.807, 2.05) is 11.0 Å². The molecule has 0 spiro atoms. The molecule has 0 aliphatic carbocycles. The van der Waals surface area contributed by atoms with E-state index in [-0.39, 0.29) is 30.2 Å². The highest BCUT2D eigenvalue weighted by Gasteiger charge is 2.29. The number of carbonyl (C=O) groups is 1. The van der Waals surface area contributed by atoms with Crippen molar-refractivity contribution in [3.63, 3.8) is 0 Å². The van der Waals surface area contributed by atoms with Crippen LogP contribution in [0, 0.1) is 5.82 Å². The van der Waals surface area contributed by atoms with Crippen LogP contribution in [0.4, 0.5) is 4.39 Å². The number of likely N-dealkylation sites (tertiary alicyclic amines) is 1. The minimum atomic E-state index is -0.228. The lowest BCUT2D eigenvalue weighted by Crippen LogP contribution is -2.30. The van der Waals surface area contributed by atoms with Crippen molar-refractivity contribution in [3.05, 3.63) is 35.6 Å². The van der Waals surface area contributed by atoms with Gasteiger partial charge in [-0.05, 0) is 49.9 Å². The van der Waals surface area contributed by atoms with Gasteiger partial charge in [0.2, 0.25) is 5.91 Å². The Morgan fingerprint density at radius 3 is 2.77 bits per heavy atom. The Kier molecular flexibility index (Phi) is 8.43. The molecule has 1 aromatic carbocycles. The van der Waals surface area contributed by atoms with Crippen molar-refractivity contribution in [2.24, 2.45) is 5.73 Å². The molecule has 1 amide bonds. The lowest BCUT2D eigenvalue weighted by molar-refractivity contribution is -0.132. The van der Waals surface area contributed by atoms with Gasteiger partial charge in [-0.1, -0.05) is 25.0 Å². The molecule has 1 saturated heterocycles. The maximum atomic E-state index is 13.4. The first-order valence-electron chi connectivity index (χ1n) is 7.97. The molecule has 5 heteroatoms. The van der Waals surface area contributed by atoms with E-state index >= 15 is 0 Å². The highest BCUT2D eigenvalue weighted by Crippen LogP contribution is 2.32. The number of rotatable bonds is 7. The lowest BCUT2D eigenvalue weighted by Gasteiger charge is -2.25. The first-order valence-corrected chi connectivity index (χ1v) is 7.97. The molecule has 1 heterocycles. The van der Waals surface area contributed by atoms with E-state index in [2.05, 4.69) is 0 Å². The third kappa shape index (κ3) is 5.25. The Bertz CT molecular complexity index is 470. The van der Waals surface area contributed by atoms with Crippen LogP contribution in [-0.2, 0) is 4.79 Å². The summed E-state index contributed by atoms with van der Waals surface area (Å²) in [5.41, 5.74) is 6.38. The Morgan fingerprint density at radius 1 is 1.27 bits per heavy atom. The van der Waals surface area contributed by atoms with E-state index in [0.29, 0.717) is 6.42 Å². The van der Waals surface area contributed by atoms with Gasteiger partial charge in [0.1, 0.15) is 5.82 Å². The zero-order chi connectivity index (χ0) is 15.1. The average Bonchev–Trinajstić information content (AvgIpc) is 2.96. The number of nitrogens with two attached hydrogens (primary N) is 1. The molecule has 3 nitrogen and oxygen atoms in total.